The maximum atomic E-state index is 14.0. The van der Waals surface area contributed by atoms with Gasteiger partial charge in [0.1, 0.15) is 0 Å². The van der Waals surface area contributed by atoms with E-state index in [2.05, 4.69) is 19.6 Å². The summed E-state index contributed by atoms with van der Waals surface area (Å²) in [5.41, 5.74) is 5.34. The van der Waals surface area contributed by atoms with Gasteiger partial charge in [-0.1, -0.05) is 39.2 Å². The van der Waals surface area contributed by atoms with Crippen molar-refractivity contribution in [3.8, 4) is 5.75 Å². The van der Waals surface area contributed by atoms with Crippen LogP contribution in [0.1, 0.15) is 74.7 Å². The fraction of sp³-hybridized carbons (Fsp3) is 0.652. The van der Waals surface area contributed by atoms with Gasteiger partial charge in [0, 0.05) is 13.1 Å². The summed E-state index contributed by atoms with van der Waals surface area (Å²) in [5, 5.41) is 17.1. The molecule has 30 heavy (non-hydrogen) atoms. The lowest BCUT2D eigenvalue weighted by Crippen LogP contribution is -2.32. The van der Waals surface area contributed by atoms with E-state index in [1.54, 1.807) is 11.0 Å². The third kappa shape index (κ3) is 6.17. The minimum absolute atomic E-state index is 0.0712. The van der Waals surface area contributed by atoms with Crippen molar-refractivity contribution in [3.63, 3.8) is 0 Å². The average molecular weight is 423 g/mol. The Bertz CT molecular complexity index is 732. The lowest BCUT2D eigenvalue weighted by Gasteiger charge is -2.34. The van der Waals surface area contributed by atoms with Gasteiger partial charge >= 0.3 is 5.97 Å². The Morgan fingerprint density at radius 1 is 1.30 bits per heavy atom. The Labute approximate surface area is 178 Å². The molecule has 168 valence electrons. The van der Waals surface area contributed by atoms with E-state index in [9.17, 15) is 19.1 Å². The van der Waals surface area contributed by atoms with E-state index in [1.165, 1.54) is 38.2 Å². The summed E-state index contributed by atoms with van der Waals surface area (Å²) in [6.07, 6.45) is 8.74. The largest absolute Gasteiger partial charge is 0.505 e. The van der Waals surface area contributed by atoms with Crippen LogP contribution in [-0.4, -0.2) is 40.1 Å². The highest BCUT2D eigenvalue weighted by Gasteiger charge is 2.34. The van der Waals surface area contributed by atoms with E-state index in [-0.39, 0.29) is 18.0 Å². The topological polar surface area (TPSA) is 104 Å². The van der Waals surface area contributed by atoms with Gasteiger partial charge in [-0.2, -0.15) is 0 Å². The van der Waals surface area contributed by atoms with Crippen molar-refractivity contribution >= 4 is 11.9 Å². The van der Waals surface area contributed by atoms with Crippen molar-refractivity contribution < 1.29 is 24.2 Å². The van der Waals surface area contributed by atoms with Gasteiger partial charge in [-0.25, -0.2) is 4.39 Å². The van der Waals surface area contributed by atoms with Crippen LogP contribution in [0.5, 0.6) is 5.75 Å². The molecule has 4 N–H and O–H groups in total. The van der Waals surface area contributed by atoms with E-state index in [0.29, 0.717) is 24.6 Å². The highest BCUT2D eigenvalue weighted by atomic mass is 19.1. The Balaban J connectivity index is 0.000000575. The van der Waals surface area contributed by atoms with Crippen molar-refractivity contribution in [2.24, 2.45) is 23.5 Å². The molecule has 1 amide bonds. The molecule has 1 saturated carbocycles. The number of unbranched alkanes of at least 4 members (excludes halogenated alkanes) is 1. The maximum absolute atomic E-state index is 14.0. The zero-order chi connectivity index (χ0) is 22.3. The number of rotatable bonds is 7. The number of carboxylic acids is 1. The number of amides is 1. The smallest absolute Gasteiger partial charge is 0.317 e. The highest BCUT2D eigenvalue weighted by Crippen LogP contribution is 2.37. The number of phenolic OH excluding ortho intramolecular Hbond substituents is 1. The normalized spacial score (nSPS) is 21.6. The van der Waals surface area contributed by atoms with Gasteiger partial charge in [0.05, 0.1) is 12.1 Å². The molecule has 0 aromatic heterocycles. The zero-order valence-electron chi connectivity index (χ0n) is 18.1. The molecular weight excluding hydrogens is 387 g/mol. The minimum Gasteiger partial charge on any atom is -0.505 e. The predicted octanol–water partition coefficient (Wildman–Crippen LogP) is 4.15. The molecule has 1 aliphatic heterocycles. The molecule has 6 nitrogen and oxygen atoms in total. The van der Waals surface area contributed by atoms with E-state index >= 15 is 0 Å². The molecule has 1 aromatic rings. The first-order valence-electron chi connectivity index (χ1n) is 11.0. The second-order valence-corrected chi connectivity index (χ2v) is 8.62. The van der Waals surface area contributed by atoms with Crippen LogP contribution in [0.25, 0.3) is 0 Å². The fourth-order valence-electron chi connectivity index (χ4n) is 4.56. The molecular formula is C23H35FN2O4. The number of carboxylic acid groups (broad SMARTS) is 1. The molecule has 0 radical (unpaired) electrons. The Kier molecular flexibility index (Phi) is 9.08. The van der Waals surface area contributed by atoms with E-state index in [1.807, 2.05) is 0 Å². The number of carbonyl (C=O) groups excluding carboxylic acids is 1. The quantitative estimate of drug-likeness (QED) is 0.612. The standard InChI is InChI=1S/C21H30FNO2.C2H5NO2/c1-3-4-5-14(2)16-8-6-15(7-9-16)12-23-13-17-10-11-18(24)20(22)19(17)21(23)25;3-1-2(4)5/h10-11,14-16,24H,3-9,12-13H2,1-2H3;1,3H2,(H,4,5)/t14-,15?,16?;/m1./s1. The highest BCUT2D eigenvalue weighted by molar-refractivity contribution is 5.99. The molecule has 1 aliphatic carbocycles. The zero-order valence-corrected chi connectivity index (χ0v) is 18.1. The van der Waals surface area contributed by atoms with Crippen molar-refractivity contribution in [2.45, 2.75) is 65.3 Å². The van der Waals surface area contributed by atoms with Gasteiger partial charge in [0.25, 0.3) is 5.91 Å². The molecule has 1 aromatic carbocycles. The fourth-order valence-corrected chi connectivity index (χ4v) is 4.56. The summed E-state index contributed by atoms with van der Waals surface area (Å²) in [6.45, 7) is 5.54. The number of fused-ring (bicyclic) bond motifs is 1. The molecule has 2 aliphatic rings. The second kappa shape index (κ2) is 11.3. The lowest BCUT2D eigenvalue weighted by molar-refractivity contribution is -0.135. The first kappa shape index (κ1) is 24.1. The van der Waals surface area contributed by atoms with Crippen molar-refractivity contribution in [1.29, 1.82) is 0 Å². The van der Waals surface area contributed by atoms with E-state index in [0.717, 1.165) is 24.7 Å². The van der Waals surface area contributed by atoms with Crippen molar-refractivity contribution in [3.05, 3.63) is 29.1 Å². The summed E-state index contributed by atoms with van der Waals surface area (Å²) in [6, 6.07) is 3.01. The summed E-state index contributed by atoms with van der Waals surface area (Å²) in [4.78, 5) is 23.5. The van der Waals surface area contributed by atoms with Gasteiger partial charge in [-0.3, -0.25) is 9.59 Å². The van der Waals surface area contributed by atoms with Crippen molar-refractivity contribution in [2.75, 3.05) is 13.1 Å². The summed E-state index contributed by atoms with van der Waals surface area (Å²) < 4.78 is 14.0. The molecule has 1 atom stereocenters. The van der Waals surface area contributed by atoms with Crippen LogP contribution in [0.15, 0.2) is 12.1 Å². The predicted molar refractivity (Wildman–Crippen MR) is 114 cm³/mol. The average Bonchev–Trinajstić information content (AvgIpc) is 3.05. The van der Waals surface area contributed by atoms with Crippen LogP contribution in [0, 0.1) is 23.6 Å². The third-order valence-electron chi connectivity index (χ3n) is 6.43. The lowest BCUT2D eigenvalue weighted by atomic mass is 9.75. The number of aromatic hydroxyl groups is 1. The van der Waals surface area contributed by atoms with Crippen LogP contribution >= 0.6 is 0 Å². The minimum atomic E-state index is -0.968. The number of phenols is 1. The van der Waals surface area contributed by atoms with E-state index in [4.69, 9.17) is 5.11 Å². The molecule has 0 spiro atoms. The number of hydrogen-bond donors (Lipinski definition) is 3. The maximum Gasteiger partial charge on any atom is 0.317 e. The number of halogens is 1. The van der Waals surface area contributed by atoms with Crippen molar-refractivity contribution in [1.82, 2.24) is 4.90 Å². The number of carbonyl (C=O) groups is 2. The van der Waals surface area contributed by atoms with Crippen LogP contribution in [0.3, 0.4) is 0 Å². The third-order valence-corrected chi connectivity index (χ3v) is 6.43. The van der Waals surface area contributed by atoms with Gasteiger partial charge in [-0.05, 0) is 55.1 Å². The van der Waals surface area contributed by atoms with Gasteiger partial charge < -0.3 is 20.8 Å². The summed E-state index contributed by atoms with van der Waals surface area (Å²) in [7, 11) is 0. The number of nitrogens with zero attached hydrogens (tertiary/aromatic N) is 1. The van der Waals surface area contributed by atoms with Crippen LogP contribution < -0.4 is 5.73 Å². The molecule has 1 fully saturated rings. The number of benzene rings is 1. The molecule has 0 saturated heterocycles. The molecule has 3 rings (SSSR count). The Morgan fingerprint density at radius 3 is 2.50 bits per heavy atom. The van der Waals surface area contributed by atoms with E-state index < -0.39 is 17.5 Å². The first-order chi connectivity index (χ1) is 14.3. The molecule has 0 bridgehead atoms. The Hall–Kier alpha value is -2.15. The molecule has 1 heterocycles. The van der Waals surface area contributed by atoms with Crippen LogP contribution in [0.2, 0.25) is 0 Å². The first-order valence-corrected chi connectivity index (χ1v) is 11.0. The van der Waals surface area contributed by atoms with Gasteiger partial charge in [-0.15, -0.1) is 0 Å². The summed E-state index contributed by atoms with van der Waals surface area (Å²) >= 11 is 0. The van der Waals surface area contributed by atoms with Crippen LogP contribution in [-0.2, 0) is 11.3 Å². The molecule has 0 unspecified atom stereocenters. The number of hydrogen-bond acceptors (Lipinski definition) is 4. The SMILES string of the molecule is CCCC[C@@H](C)C1CCC(CN2Cc3ccc(O)c(F)c3C2=O)CC1.NCC(=O)O. The summed E-state index contributed by atoms with van der Waals surface area (Å²) in [5.74, 6) is -0.287. The van der Waals surface area contributed by atoms with Crippen LogP contribution in [0.4, 0.5) is 4.39 Å². The van der Waals surface area contributed by atoms with Gasteiger partial charge in [0.2, 0.25) is 0 Å². The molecule has 7 heteroatoms. The number of nitrogens with two attached hydrogens (primary N) is 1. The Morgan fingerprint density at radius 2 is 1.93 bits per heavy atom. The number of aliphatic carboxylic acids is 1. The second-order valence-electron chi connectivity index (χ2n) is 8.62. The van der Waals surface area contributed by atoms with Gasteiger partial charge in [0.15, 0.2) is 11.6 Å². The monoisotopic (exact) mass is 422 g/mol.